The highest BCUT2D eigenvalue weighted by Crippen LogP contribution is 2.37. The molecule has 0 amide bonds. The second-order valence-electron chi connectivity index (χ2n) is 6.16. The summed E-state index contributed by atoms with van der Waals surface area (Å²) in [5.41, 5.74) is 0.856. The van der Waals surface area contributed by atoms with Crippen LogP contribution in [0.4, 0.5) is 5.69 Å². The number of methoxy groups -OCH3 is 2. The van der Waals surface area contributed by atoms with Gasteiger partial charge in [0.2, 0.25) is 10.0 Å². The zero-order valence-electron chi connectivity index (χ0n) is 15.4. The van der Waals surface area contributed by atoms with Gasteiger partial charge in [0.05, 0.1) is 24.9 Å². The van der Waals surface area contributed by atoms with Gasteiger partial charge < -0.3 is 19.5 Å². The van der Waals surface area contributed by atoms with Crippen LogP contribution < -0.4 is 14.4 Å². The van der Waals surface area contributed by atoms with Crippen molar-refractivity contribution < 1.29 is 23.0 Å². The molecule has 1 aliphatic heterocycles. The van der Waals surface area contributed by atoms with Crippen LogP contribution in [0.5, 0.6) is 17.2 Å². The summed E-state index contributed by atoms with van der Waals surface area (Å²) >= 11 is 11.8. The van der Waals surface area contributed by atoms with Crippen LogP contribution in [0.15, 0.2) is 35.2 Å². The summed E-state index contributed by atoms with van der Waals surface area (Å²) in [6, 6.07) is 7.99. The summed E-state index contributed by atoms with van der Waals surface area (Å²) in [7, 11) is -0.780. The van der Waals surface area contributed by atoms with E-state index >= 15 is 0 Å². The zero-order chi connectivity index (χ0) is 20.5. The van der Waals surface area contributed by atoms with Crippen molar-refractivity contribution in [1.82, 2.24) is 4.31 Å². The Morgan fingerprint density at radius 1 is 1.00 bits per heavy atom. The molecule has 0 aromatic heterocycles. The number of aromatic hydroxyl groups is 1. The molecule has 0 spiro atoms. The summed E-state index contributed by atoms with van der Waals surface area (Å²) in [5, 5.41) is 10.1. The lowest BCUT2D eigenvalue weighted by atomic mass is 10.2. The fraction of sp³-hybridized carbons (Fsp3) is 0.333. The van der Waals surface area contributed by atoms with Gasteiger partial charge in [-0.2, -0.15) is 4.31 Å². The smallest absolute Gasteiger partial charge is 0.246 e. The number of piperazine rings is 1. The first-order valence-corrected chi connectivity index (χ1v) is 10.6. The highest BCUT2D eigenvalue weighted by Gasteiger charge is 2.32. The fourth-order valence-electron chi connectivity index (χ4n) is 3.09. The lowest BCUT2D eigenvalue weighted by Gasteiger charge is -2.36. The Balaban J connectivity index is 1.81. The largest absolute Gasteiger partial charge is 0.505 e. The van der Waals surface area contributed by atoms with E-state index in [9.17, 15) is 13.5 Å². The highest BCUT2D eigenvalue weighted by atomic mass is 35.5. The van der Waals surface area contributed by atoms with Crippen molar-refractivity contribution in [3.05, 3.63) is 40.4 Å². The Hall–Kier alpha value is -1.87. The van der Waals surface area contributed by atoms with Crippen molar-refractivity contribution >= 4 is 38.9 Å². The number of halogens is 2. The molecule has 0 aliphatic carbocycles. The number of rotatable bonds is 5. The van der Waals surface area contributed by atoms with Crippen LogP contribution in [0.1, 0.15) is 0 Å². The maximum Gasteiger partial charge on any atom is 0.246 e. The van der Waals surface area contributed by atoms with Gasteiger partial charge in [0.1, 0.15) is 16.4 Å². The lowest BCUT2D eigenvalue weighted by molar-refractivity contribution is 0.373. The minimum absolute atomic E-state index is 0.104. The molecule has 0 unspecified atom stereocenters. The van der Waals surface area contributed by atoms with E-state index in [-0.39, 0.29) is 28.0 Å². The Bertz CT molecular complexity index is 976. The number of nitrogens with zero attached hydrogens (tertiary/aromatic N) is 2. The molecule has 0 bridgehead atoms. The van der Waals surface area contributed by atoms with Gasteiger partial charge in [0.15, 0.2) is 5.75 Å². The zero-order valence-corrected chi connectivity index (χ0v) is 17.7. The number of anilines is 1. The predicted octanol–water partition coefficient (Wildman–Crippen LogP) is 3.23. The predicted molar refractivity (Wildman–Crippen MR) is 109 cm³/mol. The highest BCUT2D eigenvalue weighted by molar-refractivity contribution is 7.89. The number of ether oxygens (including phenoxy) is 2. The molecular weight excluding hydrogens is 427 g/mol. The van der Waals surface area contributed by atoms with Crippen molar-refractivity contribution in [2.24, 2.45) is 0 Å². The first-order valence-electron chi connectivity index (χ1n) is 8.43. The van der Waals surface area contributed by atoms with Gasteiger partial charge in [-0.25, -0.2) is 8.42 Å². The number of sulfonamides is 1. The summed E-state index contributed by atoms with van der Waals surface area (Å²) in [4.78, 5) is 1.75. The topological polar surface area (TPSA) is 79.3 Å². The van der Waals surface area contributed by atoms with E-state index in [0.29, 0.717) is 24.6 Å². The van der Waals surface area contributed by atoms with Crippen molar-refractivity contribution in [3.8, 4) is 17.2 Å². The third-order valence-corrected chi connectivity index (χ3v) is 7.00. The van der Waals surface area contributed by atoms with Crippen molar-refractivity contribution in [3.63, 3.8) is 0 Å². The minimum Gasteiger partial charge on any atom is -0.505 e. The van der Waals surface area contributed by atoms with Gasteiger partial charge in [-0.1, -0.05) is 23.2 Å². The van der Waals surface area contributed by atoms with Gasteiger partial charge in [0, 0.05) is 37.3 Å². The van der Waals surface area contributed by atoms with E-state index in [1.54, 1.807) is 20.3 Å². The number of phenolic OH excluding ortho intramolecular Hbond substituents is 1. The third kappa shape index (κ3) is 3.96. The second-order valence-corrected chi connectivity index (χ2v) is 8.91. The second kappa shape index (κ2) is 8.24. The van der Waals surface area contributed by atoms with Crippen molar-refractivity contribution in [2.75, 3.05) is 45.3 Å². The summed E-state index contributed by atoms with van der Waals surface area (Å²) in [6.07, 6.45) is 0. The molecule has 0 atom stereocenters. The molecule has 2 aromatic carbocycles. The molecule has 0 saturated carbocycles. The Morgan fingerprint density at radius 2 is 1.68 bits per heavy atom. The summed E-state index contributed by atoms with van der Waals surface area (Å²) < 4.78 is 37.8. The van der Waals surface area contributed by atoms with Crippen molar-refractivity contribution in [2.45, 2.75) is 4.90 Å². The molecule has 1 saturated heterocycles. The number of phenols is 1. The van der Waals surface area contributed by atoms with Crippen LogP contribution in [0, 0.1) is 0 Å². The first kappa shape index (κ1) is 20.9. The quantitative estimate of drug-likeness (QED) is 0.759. The molecule has 1 heterocycles. The molecule has 1 aliphatic rings. The van der Waals surface area contributed by atoms with Crippen LogP contribution in [0.25, 0.3) is 0 Å². The van der Waals surface area contributed by atoms with E-state index < -0.39 is 15.8 Å². The standard InChI is InChI=1S/C18H20Cl2N2O5S/c1-26-13-3-4-15(16(11-13)27-2)21-5-7-22(8-6-21)28(24,25)17-10-12(19)9-14(20)18(17)23/h3-4,9-11,23H,5-8H2,1-2H3. The molecule has 1 fully saturated rings. The molecule has 10 heteroatoms. The van der Waals surface area contributed by atoms with E-state index in [1.165, 1.54) is 16.4 Å². The van der Waals surface area contributed by atoms with E-state index in [4.69, 9.17) is 32.7 Å². The molecule has 0 radical (unpaired) electrons. The molecule has 28 heavy (non-hydrogen) atoms. The molecule has 7 nitrogen and oxygen atoms in total. The van der Waals surface area contributed by atoms with Crippen molar-refractivity contribution in [1.29, 1.82) is 0 Å². The Labute approximate surface area is 174 Å². The fourth-order valence-corrected chi connectivity index (χ4v) is 5.26. The van der Waals surface area contributed by atoms with E-state index in [0.717, 1.165) is 5.69 Å². The first-order chi connectivity index (χ1) is 13.3. The average Bonchev–Trinajstić information content (AvgIpc) is 2.70. The van der Waals surface area contributed by atoms with Crippen LogP contribution in [-0.4, -0.2) is 58.2 Å². The maximum atomic E-state index is 13.0. The van der Waals surface area contributed by atoms with Gasteiger partial charge in [0.25, 0.3) is 0 Å². The minimum atomic E-state index is -3.93. The molecular formula is C18H20Cl2N2O5S. The lowest BCUT2D eigenvalue weighted by Crippen LogP contribution is -2.48. The van der Waals surface area contributed by atoms with Crippen LogP contribution in [-0.2, 0) is 10.0 Å². The van der Waals surface area contributed by atoms with Crippen LogP contribution in [0.2, 0.25) is 10.0 Å². The number of hydrogen-bond acceptors (Lipinski definition) is 6. The normalized spacial score (nSPS) is 15.5. The summed E-state index contributed by atoms with van der Waals surface area (Å²) in [6.45, 7) is 1.39. The van der Waals surface area contributed by atoms with Crippen LogP contribution in [0.3, 0.4) is 0 Å². The molecule has 2 aromatic rings. The van der Waals surface area contributed by atoms with Gasteiger partial charge in [-0.05, 0) is 24.3 Å². The molecule has 3 rings (SSSR count). The summed E-state index contributed by atoms with van der Waals surface area (Å²) in [5.74, 6) is 0.829. The van der Waals surface area contributed by atoms with E-state index in [1.807, 2.05) is 17.0 Å². The molecule has 1 N–H and O–H groups in total. The Kier molecular flexibility index (Phi) is 6.14. The third-order valence-electron chi connectivity index (χ3n) is 4.58. The SMILES string of the molecule is COc1ccc(N2CCN(S(=O)(=O)c3cc(Cl)cc(Cl)c3O)CC2)c(OC)c1. The average molecular weight is 447 g/mol. The van der Waals surface area contributed by atoms with Gasteiger partial charge in [-0.3, -0.25) is 0 Å². The van der Waals surface area contributed by atoms with Gasteiger partial charge in [-0.15, -0.1) is 0 Å². The number of benzene rings is 2. The molecule has 152 valence electrons. The van der Waals surface area contributed by atoms with Crippen LogP contribution >= 0.6 is 23.2 Å². The van der Waals surface area contributed by atoms with E-state index in [2.05, 4.69) is 0 Å². The maximum absolute atomic E-state index is 13.0. The monoisotopic (exact) mass is 446 g/mol. The number of hydrogen-bond donors (Lipinski definition) is 1. The Morgan fingerprint density at radius 3 is 2.29 bits per heavy atom. The van der Waals surface area contributed by atoms with Gasteiger partial charge >= 0.3 is 0 Å².